The highest BCUT2D eigenvalue weighted by atomic mass is 32.2. The van der Waals surface area contributed by atoms with Gasteiger partial charge < -0.3 is 4.74 Å². The SMILES string of the molecule is CS(=O)(=O)c1ccc(Oc2cc(C#N)ccc2[N+](=O)[O-])cc1. The van der Waals surface area contributed by atoms with Gasteiger partial charge in [-0.1, -0.05) is 0 Å². The molecule has 7 nitrogen and oxygen atoms in total. The first kappa shape index (κ1) is 15.5. The highest BCUT2D eigenvalue weighted by Crippen LogP contribution is 2.32. The standard InChI is InChI=1S/C14H10N2O5S/c1-22(19,20)12-5-3-11(4-6-12)21-14-8-10(9-15)2-7-13(14)16(17)18/h2-8H,1H3. The Bertz CT molecular complexity index is 867. The van der Waals surface area contributed by atoms with Crippen molar-refractivity contribution in [2.45, 2.75) is 4.90 Å². The third kappa shape index (κ3) is 3.39. The minimum Gasteiger partial charge on any atom is -0.450 e. The molecule has 0 aliphatic carbocycles. The molecule has 2 aromatic rings. The van der Waals surface area contributed by atoms with Gasteiger partial charge in [0.1, 0.15) is 5.75 Å². The molecule has 2 aromatic carbocycles. The molecule has 8 heteroatoms. The number of sulfone groups is 1. The van der Waals surface area contributed by atoms with E-state index in [2.05, 4.69) is 0 Å². The number of hydrogen-bond donors (Lipinski definition) is 0. The van der Waals surface area contributed by atoms with E-state index in [9.17, 15) is 18.5 Å². The van der Waals surface area contributed by atoms with E-state index >= 15 is 0 Å². The summed E-state index contributed by atoms with van der Waals surface area (Å²) < 4.78 is 28.1. The lowest BCUT2D eigenvalue weighted by molar-refractivity contribution is -0.385. The van der Waals surface area contributed by atoms with Crippen LogP contribution in [0.15, 0.2) is 47.4 Å². The molecule has 0 atom stereocenters. The summed E-state index contributed by atoms with van der Waals surface area (Å²) in [5, 5.41) is 19.8. The van der Waals surface area contributed by atoms with E-state index in [0.717, 1.165) is 6.26 Å². The number of nitriles is 1. The molecule has 0 radical (unpaired) electrons. The van der Waals surface area contributed by atoms with Crippen LogP contribution >= 0.6 is 0 Å². The molecule has 0 bridgehead atoms. The summed E-state index contributed by atoms with van der Waals surface area (Å²) in [6.07, 6.45) is 1.07. The van der Waals surface area contributed by atoms with Gasteiger partial charge in [-0.05, 0) is 30.3 Å². The maximum Gasteiger partial charge on any atom is 0.311 e. The summed E-state index contributed by atoms with van der Waals surface area (Å²) >= 11 is 0. The Kier molecular flexibility index (Phi) is 4.10. The van der Waals surface area contributed by atoms with E-state index in [1.807, 2.05) is 6.07 Å². The molecule has 2 rings (SSSR count). The summed E-state index contributed by atoms with van der Waals surface area (Å²) in [7, 11) is -3.33. The van der Waals surface area contributed by atoms with Crippen molar-refractivity contribution in [3.05, 3.63) is 58.1 Å². The molecule has 0 aliphatic rings. The van der Waals surface area contributed by atoms with E-state index < -0.39 is 14.8 Å². The minimum absolute atomic E-state index is 0.0869. The number of ether oxygens (including phenoxy) is 1. The van der Waals surface area contributed by atoms with Gasteiger partial charge in [0, 0.05) is 18.4 Å². The molecule has 0 saturated carbocycles. The summed E-state index contributed by atoms with van der Waals surface area (Å²) in [4.78, 5) is 10.4. The van der Waals surface area contributed by atoms with Crippen molar-refractivity contribution < 1.29 is 18.1 Å². The van der Waals surface area contributed by atoms with Crippen molar-refractivity contribution in [1.29, 1.82) is 5.26 Å². The zero-order valence-electron chi connectivity index (χ0n) is 11.4. The normalized spacial score (nSPS) is 10.7. The molecule has 0 heterocycles. The molecule has 22 heavy (non-hydrogen) atoms. The van der Waals surface area contributed by atoms with E-state index in [0.29, 0.717) is 0 Å². The lowest BCUT2D eigenvalue weighted by atomic mass is 10.2. The van der Waals surface area contributed by atoms with Gasteiger partial charge in [0.15, 0.2) is 9.84 Å². The molecular formula is C14H10N2O5S. The quantitative estimate of drug-likeness (QED) is 0.633. The zero-order chi connectivity index (χ0) is 16.3. The second kappa shape index (κ2) is 5.83. The van der Waals surface area contributed by atoms with Gasteiger partial charge in [0.05, 0.1) is 21.5 Å². The first-order chi connectivity index (χ1) is 10.3. The average Bonchev–Trinajstić information content (AvgIpc) is 2.46. The van der Waals surface area contributed by atoms with E-state index in [1.54, 1.807) is 0 Å². The third-order valence-electron chi connectivity index (χ3n) is 2.77. The van der Waals surface area contributed by atoms with Crippen molar-refractivity contribution in [2.24, 2.45) is 0 Å². The van der Waals surface area contributed by atoms with Crippen LogP contribution in [0.2, 0.25) is 0 Å². The molecule has 0 N–H and O–H groups in total. The van der Waals surface area contributed by atoms with Crippen LogP contribution in [0, 0.1) is 21.4 Å². The van der Waals surface area contributed by atoms with E-state index in [4.69, 9.17) is 10.00 Å². The lowest BCUT2D eigenvalue weighted by Gasteiger charge is -2.07. The van der Waals surface area contributed by atoms with Gasteiger partial charge in [0.25, 0.3) is 0 Å². The third-order valence-corrected chi connectivity index (χ3v) is 3.89. The summed E-state index contributed by atoms with van der Waals surface area (Å²) in [5.41, 5.74) is -0.0699. The van der Waals surface area contributed by atoms with Gasteiger partial charge >= 0.3 is 5.69 Å². The van der Waals surface area contributed by atoms with Crippen molar-refractivity contribution in [3.63, 3.8) is 0 Å². The maximum atomic E-state index is 11.4. The smallest absolute Gasteiger partial charge is 0.311 e. The van der Waals surface area contributed by atoms with Crippen LogP contribution < -0.4 is 4.74 Å². The van der Waals surface area contributed by atoms with Gasteiger partial charge in [-0.3, -0.25) is 10.1 Å². The Morgan fingerprint density at radius 3 is 2.32 bits per heavy atom. The van der Waals surface area contributed by atoms with E-state index in [-0.39, 0.29) is 27.6 Å². The molecule has 0 aliphatic heterocycles. The molecule has 0 spiro atoms. The average molecular weight is 318 g/mol. The van der Waals surface area contributed by atoms with Crippen LogP contribution in [0.25, 0.3) is 0 Å². The zero-order valence-corrected chi connectivity index (χ0v) is 12.2. The largest absolute Gasteiger partial charge is 0.450 e. The number of benzene rings is 2. The van der Waals surface area contributed by atoms with Crippen LogP contribution in [-0.2, 0) is 9.84 Å². The number of rotatable bonds is 4. The molecule has 0 saturated heterocycles. The Labute approximate surface area is 126 Å². The predicted octanol–water partition coefficient (Wildman–Crippen LogP) is 2.66. The number of nitrogens with zero attached hydrogens (tertiary/aromatic N) is 2. The fourth-order valence-electron chi connectivity index (χ4n) is 1.70. The highest BCUT2D eigenvalue weighted by molar-refractivity contribution is 7.90. The van der Waals surface area contributed by atoms with Crippen LogP contribution in [0.5, 0.6) is 11.5 Å². The van der Waals surface area contributed by atoms with Gasteiger partial charge in [-0.25, -0.2) is 8.42 Å². The van der Waals surface area contributed by atoms with Crippen LogP contribution in [-0.4, -0.2) is 19.6 Å². The Morgan fingerprint density at radius 1 is 1.18 bits per heavy atom. The van der Waals surface area contributed by atoms with Crippen LogP contribution in [0.3, 0.4) is 0 Å². The van der Waals surface area contributed by atoms with E-state index in [1.165, 1.54) is 42.5 Å². The van der Waals surface area contributed by atoms with Crippen LogP contribution in [0.4, 0.5) is 5.69 Å². The molecule has 0 unspecified atom stereocenters. The molecule has 112 valence electrons. The Balaban J connectivity index is 2.38. The lowest BCUT2D eigenvalue weighted by Crippen LogP contribution is -1.97. The molecule has 0 fully saturated rings. The number of hydrogen-bond acceptors (Lipinski definition) is 6. The number of nitro benzene ring substituents is 1. The fourth-order valence-corrected chi connectivity index (χ4v) is 2.33. The van der Waals surface area contributed by atoms with Gasteiger partial charge in [0.2, 0.25) is 5.75 Å². The first-order valence-electron chi connectivity index (χ1n) is 5.98. The van der Waals surface area contributed by atoms with Gasteiger partial charge in [-0.2, -0.15) is 5.26 Å². The highest BCUT2D eigenvalue weighted by Gasteiger charge is 2.17. The Hall–Kier alpha value is -2.92. The second-order valence-corrected chi connectivity index (χ2v) is 6.41. The Morgan fingerprint density at radius 2 is 1.82 bits per heavy atom. The number of nitro groups is 1. The monoisotopic (exact) mass is 318 g/mol. The van der Waals surface area contributed by atoms with Crippen molar-refractivity contribution in [3.8, 4) is 17.6 Å². The summed E-state index contributed by atoms with van der Waals surface area (Å²) in [6, 6.07) is 11.1. The first-order valence-corrected chi connectivity index (χ1v) is 7.87. The predicted molar refractivity (Wildman–Crippen MR) is 77.4 cm³/mol. The molecule has 0 amide bonds. The second-order valence-electron chi connectivity index (χ2n) is 4.40. The maximum absolute atomic E-state index is 11.4. The topological polar surface area (TPSA) is 110 Å². The summed E-state index contributed by atoms with van der Waals surface area (Å²) in [5.74, 6) is 0.141. The fraction of sp³-hybridized carbons (Fsp3) is 0.0714. The van der Waals surface area contributed by atoms with Crippen LogP contribution in [0.1, 0.15) is 5.56 Å². The van der Waals surface area contributed by atoms with Crippen molar-refractivity contribution in [1.82, 2.24) is 0 Å². The van der Waals surface area contributed by atoms with Gasteiger partial charge in [-0.15, -0.1) is 0 Å². The van der Waals surface area contributed by atoms with Crippen molar-refractivity contribution in [2.75, 3.05) is 6.26 Å². The van der Waals surface area contributed by atoms with Crippen molar-refractivity contribution >= 4 is 15.5 Å². The molecular weight excluding hydrogens is 308 g/mol. The summed E-state index contributed by atoms with van der Waals surface area (Å²) in [6.45, 7) is 0. The minimum atomic E-state index is -3.33. The molecule has 0 aromatic heterocycles.